The topological polar surface area (TPSA) is 124 Å². The van der Waals surface area contributed by atoms with Crippen LogP contribution in [0, 0.1) is 0 Å². The second-order valence-corrected chi connectivity index (χ2v) is 0.346. The van der Waals surface area contributed by atoms with Gasteiger partial charge in [0, 0.05) is 19.5 Å². The summed E-state index contributed by atoms with van der Waals surface area (Å²) in [4.78, 5) is 0. The number of hydrogen-bond acceptors (Lipinski definition) is 3. The van der Waals surface area contributed by atoms with Crippen molar-refractivity contribution in [2.24, 2.45) is 0 Å². The van der Waals surface area contributed by atoms with Crippen LogP contribution in [-0.4, -0.2) is 73.8 Å². The summed E-state index contributed by atoms with van der Waals surface area (Å²) >= 11 is 0. The van der Waals surface area contributed by atoms with Crippen LogP contribution in [0.15, 0.2) is 0 Å². The molecule has 0 unspecified atom stereocenters. The average Bonchev–Trinajstić information content (AvgIpc) is 0.811. The van der Waals surface area contributed by atoms with Crippen molar-refractivity contribution in [1.29, 1.82) is 0 Å². The van der Waals surface area contributed by atoms with E-state index in [1.165, 1.54) is 0 Å². The third-order valence-electron chi connectivity index (χ3n) is 0. The predicted octanol–water partition coefficient (Wildman–Crippen LogP) is -5.80. The molecule has 0 amide bonds. The van der Waals surface area contributed by atoms with Crippen molar-refractivity contribution in [1.82, 2.24) is 0 Å². The average molecular weight is 220 g/mol. The van der Waals surface area contributed by atoms with Gasteiger partial charge in [0.15, 0.2) is 17.4 Å². The van der Waals surface area contributed by atoms with Crippen molar-refractivity contribution in [2.75, 3.05) is 0 Å². The van der Waals surface area contributed by atoms with Crippen molar-refractivity contribution in [2.45, 2.75) is 0 Å². The Morgan fingerprint density at radius 3 is 0.889 bits per heavy atom. The monoisotopic (exact) mass is 218 g/mol. The largest absolute Gasteiger partial charge is 0.631 e. The molecule has 0 atom stereocenters. The molecule has 0 aliphatic heterocycles. The Balaban J connectivity index is -0.00000000450. The second-order valence-electron chi connectivity index (χ2n) is 0.346. The first-order chi connectivity index (χ1) is 1.73. The summed E-state index contributed by atoms with van der Waals surface area (Å²) in [5.74, 6) is 0. The Labute approximate surface area is 92.7 Å². The minimum absolute atomic E-state index is 0. The molecule has 0 fully saturated rings. The van der Waals surface area contributed by atoms with Crippen LogP contribution in [0.1, 0.15) is 0 Å². The maximum atomic E-state index is 7.17. The Kier molecular flexibility index (Phi) is 165. The van der Waals surface area contributed by atoms with Crippen LogP contribution in [0.25, 0.3) is 0 Å². The Morgan fingerprint density at radius 2 is 0.889 bits per heavy atom. The summed E-state index contributed by atoms with van der Waals surface area (Å²) in [5.41, 5.74) is 0. The van der Waals surface area contributed by atoms with Gasteiger partial charge >= 0.3 is 30.4 Å². The molecule has 0 heterocycles. The molecule has 52 valence electrons. The predicted molar refractivity (Wildman–Crippen MR) is 38.1 cm³/mol. The fourth-order valence-corrected chi connectivity index (χ4v) is 0. The first kappa shape index (κ1) is 45.1. The molecule has 5 nitrogen and oxygen atoms in total. The van der Waals surface area contributed by atoms with Gasteiger partial charge in [0.1, 0.15) is 0 Å². The van der Waals surface area contributed by atoms with Crippen molar-refractivity contribution < 1.29 is 45.5 Å². The first-order valence-corrected chi connectivity index (χ1v) is 0.775. The van der Waals surface area contributed by atoms with Gasteiger partial charge in [0.2, 0.25) is 0 Å². The molecular weight excluding hydrogens is 207 g/mol. The standard InChI is InChI=1S/Al.BH3O3.Mg.2H2O.Zn.5H/c;2-1(3)4;;;;;;;;;/h;2-4H;;2*1H2;;;;;;. The van der Waals surface area contributed by atoms with E-state index in [0.717, 1.165) is 0 Å². The minimum atomic E-state index is -2.17. The van der Waals surface area contributed by atoms with Gasteiger partial charge < -0.3 is 26.0 Å². The van der Waals surface area contributed by atoms with Crippen LogP contribution >= 0.6 is 0 Å². The van der Waals surface area contributed by atoms with E-state index >= 15 is 0 Å². The van der Waals surface area contributed by atoms with Gasteiger partial charge in [-0.1, -0.05) is 0 Å². The van der Waals surface area contributed by atoms with E-state index in [2.05, 4.69) is 0 Å². The molecule has 0 bridgehead atoms. The Hall–Kier alpha value is 1.79. The van der Waals surface area contributed by atoms with E-state index in [-0.39, 0.29) is 70.8 Å². The molecule has 9 heteroatoms. The molecule has 0 radical (unpaired) electrons. The van der Waals surface area contributed by atoms with Crippen LogP contribution in [0.4, 0.5) is 0 Å². The molecule has 0 aromatic carbocycles. The summed E-state index contributed by atoms with van der Waals surface area (Å²) in [7, 11) is -2.17. The normalized spacial score (nSPS) is 3.00. The van der Waals surface area contributed by atoms with E-state index in [1.807, 2.05) is 0 Å². The van der Waals surface area contributed by atoms with E-state index in [9.17, 15) is 0 Å². The zero-order valence-corrected chi connectivity index (χ0v) is 6.59. The van der Waals surface area contributed by atoms with Crippen molar-refractivity contribution >= 4 is 47.7 Å². The SMILES string of the molecule is O.O.OB(O)O.[AlH3].[MgH2].[Zn]. The summed E-state index contributed by atoms with van der Waals surface area (Å²) in [5, 5.41) is 21.5. The molecule has 0 rings (SSSR count). The van der Waals surface area contributed by atoms with Gasteiger partial charge in [-0.05, 0) is 0 Å². The minimum Gasteiger partial charge on any atom is -0.412 e. The molecule has 0 aromatic rings. The van der Waals surface area contributed by atoms with Crippen LogP contribution in [0.2, 0.25) is 0 Å². The van der Waals surface area contributed by atoms with Crippen molar-refractivity contribution in [3.63, 3.8) is 0 Å². The van der Waals surface area contributed by atoms with Gasteiger partial charge in [-0.2, -0.15) is 0 Å². The molecule has 7 N–H and O–H groups in total. The van der Waals surface area contributed by atoms with Gasteiger partial charge in [0.25, 0.3) is 0 Å². The third kappa shape index (κ3) is 186. The molecule has 0 saturated heterocycles. The maximum absolute atomic E-state index is 7.17. The second kappa shape index (κ2) is 33.0. The van der Waals surface area contributed by atoms with Crippen LogP contribution in [0.5, 0.6) is 0 Å². The smallest absolute Gasteiger partial charge is 0.412 e. The van der Waals surface area contributed by atoms with Gasteiger partial charge in [-0.3, -0.25) is 0 Å². The van der Waals surface area contributed by atoms with E-state index in [0.29, 0.717) is 0 Å². The van der Waals surface area contributed by atoms with Gasteiger partial charge in [-0.25, -0.2) is 0 Å². The maximum Gasteiger partial charge on any atom is 0.631 e. The van der Waals surface area contributed by atoms with E-state index in [1.54, 1.807) is 0 Å². The molecular formula is H12AlBMgO5Zn. The summed E-state index contributed by atoms with van der Waals surface area (Å²) in [6.45, 7) is 0. The Bertz CT molecular complexity index is 21.7. The van der Waals surface area contributed by atoms with E-state index in [4.69, 9.17) is 15.1 Å². The van der Waals surface area contributed by atoms with Gasteiger partial charge in [0.05, 0.1) is 0 Å². The zero-order chi connectivity index (χ0) is 3.58. The van der Waals surface area contributed by atoms with Gasteiger partial charge in [-0.15, -0.1) is 0 Å². The van der Waals surface area contributed by atoms with Crippen LogP contribution < -0.4 is 0 Å². The fourth-order valence-electron chi connectivity index (χ4n) is 0. The summed E-state index contributed by atoms with van der Waals surface area (Å²) in [6.07, 6.45) is 0. The molecule has 0 spiro atoms. The van der Waals surface area contributed by atoms with Crippen LogP contribution in [0.3, 0.4) is 0 Å². The van der Waals surface area contributed by atoms with Crippen LogP contribution in [-0.2, 0) is 19.5 Å². The molecule has 9 heavy (non-hydrogen) atoms. The Morgan fingerprint density at radius 1 is 0.889 bits per heavy atom. The van der Waals surface area contributed by atoms with E-state index < -0.39 is 7.32 Å². The third-order valence-corrected chi connectivity index (χ3v) is 0. The molecule has 0 aliphatic carbocycles. The quantitative estimate of drug-likeness (QED) is 0.352. The molecule has 0 aliphatic rings. The summed E-state index contributed by atoms with van der Waals surface area (Å²) in [6, 6.07) is 0. The molecule has 0 aromatic heterocycles. The first-order valence-electron chi connectivity index (χ1n) is 0.775. The summed E-state index contributed by atoms with van der Waals surface area (Å²) < 4.78 is 0. The zero-order valence-electron chi connectivity index (χ0n) is 3.63. The molecule has 0 saturated carbocycles. The number of rotatable bonds is 0. The fraction of sp³-hybridized carbons (Fsp3) is 0. The number of hydrogen-bond donors (Lipinski definition) is 3. The van der Waals surface area contributed by atoms with Crippen molar-refractivity contribution in [3.05, 3.63) is 0 Å². The van der Waals surface area contributed by atoms with Crippen molar-refractivity contribution in [3.8, 4) is 0 Å².